The summed E-state index contributed by atoms with van der Waals surface area (Å²) in [6.07, 6.45) is 1.40. The van der Waals surface area contributed by atoms with Crippen LogP contribution in [0.15, 0.2) is 42.5 Å². The summed E-state index contributed by atoms with van der Waals surface area (Å²) < 4.78 is 11.1. The van der Waals surface area contributed by atoms with E-state index in [0.717, 1.165) is 37.3 Å². The average Bonchev–Trinajstić information content (AvgIpc) is 2.69. The summed E-state index contributed by atoms with van der Waals surface area (Å²) >= 11 is 0. The molecule has 26 heavy (non-hydrogen) atoms. The first-order chi connectivity index (χ1) is 12.7. The van der Waals surface area contributed by atoms with Gasteiger partial charge in [-0.15, -0.1) is 0 Å². The van der Waals surface area contributed by atoms with Crippen LogP contribution in [0, 0.1) is 0 Å². The Morgan fingerprint density at radius 3 is 2.54 bits per heavy atom. The first kappa shape index (κ1) is 16.7. The molecule has 2 aliphatic heterocycles. The van der Waals surface area contributed by atoms with Crippen LogP contribution in [0.1, 0.15) is 23.2 Å². The molecule has 0 bridgehead atoms. The molecule has 2 aromatic rings. The second-order valence-corrected chi connectivity index (χ2v) is 6.55. The molecule has 0 aliphatic carbocycles. The highest BCUT2D eigenvalue weighted by atomic mass is 16.6. The number of aliphatic hydroxyl groups excluding tert-OH is 1. The van der Waals surface area contributed by atoms with Crippen LogP contribution < -0.4 is 19.7 Å². The van der Waals surface area contributed by atoms with Crippen LogP contribution in [0.3, 0.4) is 0 Å². The Bertz CT molecular complexity index is 783. The van der Waals surface area contributed by atoms with E-state index >= 15 is 0 Å². The lowest BCUT2D eigenvalue weighted by Crippen LogP contribution is -2.35. The molecule has 2 heterocycles. The third kappa shape index (κ3) is 3.46. The van der Waals surface area contributed by atoms with Crippen molar-refractivity contribution < 1.29 is 19.4 Å². The minimum Gasteiger partial charge on any atom is -0.486 e. The summed E-state index contributed by atoms with van der Waals surface area (Å²) in [4.78, 5) is 14.9. The summed E-state index contributed by atoms with van der Waals surface area (Å²) in [5.41, 5.74) is 2.30. The molecule has 4 rings (SSSR count). The Hall–Kier alpha value is -2.73. The Morgan fingerprint density at radius 2 is 1.77 bits per heavy atom. The van der Waals surface area contributed by atoms with Crippen molar-refractivity contribution in [2.24, 2.45) is 0 Å². The number of anilines is 2. The van der Waals surface area contributed by atoms with Crippen molar-refractivity contribution in [1.82, 2.24) is 0 Å². The van der Waals surface area contributed by atoms with Crippen LogP contribution in [0.4, 0.5) is 11.4 Å². The van der Waals surface area contributed by atoms with Crippen molar-refractivity contribution in [3.05, 3.63) is 48.0 Å². The van der Waals surface area contributed by atoms with Crippen molar-refractivity contribution in [2.75, 3.05) is 36.5 Å². The lowest BCUT2D eigenvalue weighted by atomic mass is 10.1. The number of hydrogen-bond donors (Lipinski definition) is 2. The summed E-state index contributed by atoms with van der Waals surface area (Å²) in [7, 11) is 0. The zero-order valence-electron chi connectivity index (χ0n) is 14.5. The van der Waals surface area contributed by atoms with Gasteiger partial charge in [-0.2, -0.15) is 0 Å². The molecule has 136 valence electrons. The Morgan fingerprint density at radius 1 is 1.04 bits per heavy atom. The van der Waals surface area contributed by atoms with Crippen molar-refractivity contribution in [3.8, 4) is 11.5 Å². The molecular weight excluding hydrogens is 332 g/mol. The molecule has 6 heteroatoms. The number of ether oxygens (including phenoxy) is 2. The van der Waals surface area contributed by atoms with Gasteiger partial charge in [0.1, 0.15) is 13.2 Å². The Labute approximate surface area is 152 Å². The molecule has 1 amide bonds. The number of nitrogens with one attached hydrogen (secondary N) is 1. The molecule has 0 aromatic heterocycles. The van der Waals surface area contributed by atoms with E-state index in [4.69, 9.17) is 9.47 Å². The zero-order chi connectivity index (χ0) is 17.9. The third-order valence-electron chi connectivity index (χ3n) is 4.77. The van der Waals surface area contributed by atoms with Crippen LogP contribution in [-0.2, 0) is 0 Å². The predicted molar refractivity (Wildman–Crippen MR) is 99.3 cm³/mol. The van der Waals surface area contributed by atoms with Crippen molar-refractivity contribution in [1.29, 1.82) is 0 Å². The van der Waals surface area contributed by atoms with Gasteiger partial charge in [-0.25, -0.2) is 0 Å². The molecule has 0 unspecified atom stereocenters. The van der Waals surface area contributed by atoms with E-state index in [1.54, 1.807) is 18.2 Å². The minimum absolute atomic E-state index is 0.187. The average molecular weight is 354 g/mol. The van der Waals surface area contributed by atoms with Gasteiger partial charge in [0.2, 0.25) is 0 Å². The van der Waals surface area contributed by atoms with Crippen LogP contribution in [0.5, 0.6) is 11.5 Å². The van der Waals surface area contributed by atoms with Crippen LogP contribution in [0.2, 0.25) is 0 Å². The lowest BCUT2D eigenvalue weighted by molar-refractivity contribution is 0.101. The van der Waals surface area contributed by atoms with Crippen molar-refractivity contribution in [3.63, 3.8) is 0 Å². The molecule has 0 saturated carbocycles. The molecule has 2 aliphatic rings. The van der Waals surface area contributed by atoms with E-state index in [0.29, 0.717) is 30.3 Å². The van der Waals surface area contributed by atoms with Gasteiger partial charge < -0.3 is 24.8 Å². The van der Waals surface area contributed by atoms with Crippen molar-refractivity contribution in [2.45, 2.75) is 18.9 Å². The minimum atomic E-state index is -0.221. The van der Waals surface area contributed by atoms with E-state index in [-0.39, 0.29) is 12.0 Å². The van der Waals surface area contributed by atoms with E-state index in [9.17, 15) is 9.90 Å². The van der Waals surface area contributed by atoms with Gasteiger partial charge in [-0.05, 0) is 49.2 Å². The smallest absolute Gasteiger partial charge is 0.259 e. The van der Waals surface area contributed by atoms with Gasteiger partial charge in [0, 0.05) is 24.5 Å². The molecule has 6 nitrogen and oxygen atoms in total. The number of carbonyl (C=O) groups excluding carboxylic acids is 1. The zero-order valence-corrected chi connectivity index (χ0v) is 14.5. The van der Waals surface area contributed by atoms with Gasteiger partial charge in [0.05, 0.1) is 11.7 Å². The van der Waals surface area contributed by atoms with E-state index < -0.39 is 0 Å². The number of fused-ring (bicyclic) bond motifs is 1. The monoisotopic (exact) mass is 354 g/mol. The normalized spacial score (nSPS) is 17.0. The maximum Gasteiger partial charge on any atom is 0.259 e. The number of rotatable bonds is 3. The summed E-state index contributed by atoms with van der Waals surface area (Å²) in [6, 6.07) is 13.1. The number of hydrogen-bond acceptors (Lipinski definition) is 5. The number of aliphatic hydroxyl groups is 1. The van der Waals surface area contributed by atoms with E-state index in [1.807, 2.05) is 24.3 Å². The van der Waals surface area contributed by atoms with Crippen LogP contribution in [0.25, 0.3) is 0 Å². The topological polar surface area (TPSA) is 71.0 Å². The van der Waals surface area contributed by atoms with E-state index in [2.05, 4.69) is 10.2 Å². The summed E-state index contributed by atoms with van der Waals surface area (Å²) in [5.74, 6) is 0.882. The maximum absolute atomic E-state index is 12.6. The number of nitrogens with zero attached hydrogens (tertiary/aromatic N) is 1. The predicted octanol–water partition coefficient (Wildman–Crippen LogP) is 2.67. The first-order valence-corrected chi connectivity index (χ1v) is 8.94. The third-order valence-corrected chi connectivity index (χ3v) is 4.77. The summed E-state index contributed by atoms with van der Waals surface area (Å²) in [6.45, 7) is 2.63. The maximum atomic E-state index is 12.6. The highest BCUT2D eigenvalue weighted by Crippen LogP contribution is 2.34. The quantitative estimate of drug-likeness (QED) is 0.887. The largest absolute Gasteiger partial charge is 0.486 e. The second kappa shape index (κ2) is 7.25. The molecule has 0 spiro atoms. The van der Waals surface area contributed by atoms with Crippen molar-refractivity contribution >= 4 is 17.3 Å². The molecule has 1 fully saturated rings. The molecule has 0 radical (unpaired) electrons. The van der Waals surface area contributed by atoms with Gasteiger partial charge in [-0.3, -0.25) is 4.79 Å². The van der Waals surface area contributed by atoms with Gasteiger partial charge in [0.15, 0.2) is 11.5 Å². The number of amides is 1. The number of para-hydroxylation sites is 1. The van der Waals surface area contributed by atoms with Gasteiger partial charge >= 0.3 is 0 Å². The molecule has 1 saturated heterocycles. The Kier molecular flexibility index (Phi) is 4.67. The number of piperidine rings is 1. The lowest BCUT2D eigenvalue weighted by Gasteiger charge is -2.31. The molecule has 2 N–H and O–H groups in total. The standard InChI is InChI=1S/C20H22N2O4/c23-16-8-10-22(11-9-16)15-6-4-14(5-7-15)21-20(24)17-2-1-3-18-19(17)26-13-12-25-18/h1-7,16,23H,8-13H2,(H,21,24). The Balaban J connectivity index is 1.45. The first-order valence-electron chi connectivity index (χ1n) is 8.94. The van der Waals surface area contributed by atoms with Crippen LogP contribution >= 0.6 is 0 Å². The molecule has 0 atom stereocenters. The molecule has 2 aromatic carbocycles. The highest BCUT2D eigenvalue weighted by Gasteiger charge is 2.21. The summed E-state index contributed by atoms with van der Waals surface area (Å²) in [5, 5.41) is 12.5. The second-order valence-electron chi connectivity index (χ2n) is 6.55. The number of benzene rings is 2. The number of carbonyl (C=O) groups is 1. The fraction of sp³-hybridized carbons (Fsp3) is 0.350. The molecular formula is C20H22N2O4. The fourth-order valence-electron chi connectivity index (χ4n) is 3.33. The van der Waals surface area contributed by atoms with Crippen LogP contribution in [-0.4, -0.2) is 43.4 Å². The SMILES string of the molecule is O=C(Nc1ccc(N2CCC(O)CC2)cc1)c1cccc2c1OCCO2. The van der Waals surface area contributed by atoms with Gasteiger partial charge in [-0.1, -0.05) is 6.07 Å². The highest BCUT2D eigenvalue weighted by molar-refractivity contribution is 6.06. The fourth-order valence-corrected chi connectivity index (χ4v) is 3.33. The van der Waals surface area contributed by atoms with Gasteiger partial charge in [0.25, 0.3) is 5.91 Å². The van der Waals surface area contributed by atoms with E-state index in [1.165, 1.54) is 0 Å².